The van der Waals surface area contributed by atoms with Crippen molar-refractivity contribution in [2.75, 3.05) is 6.61 Å². The summed E-state index contributed by atoms with van der Waals surface area (Å²) in [4.78, 5) is 13.3. The second-order valence-corrected chi connectivity index (χ2v) is 9.73. The van der Waals surface area contributed by atoms with E-state index >= 15 is 0 Å². The van der Waals surface area contributed by atoms with Crippen LogP contribution in [0.15, 0.2) is 12.2 Å². The highest BCUT2D eigenvalue weighted by atomic mass is 16.7. The van der Waals surface area contributed by atoms with E-state index in [1.54, 1.807) is 0 Å². The van der Waals surface area contributed by atoms with Gasteiger partial charge in [0.25, 0.3) is 0 Å². The number of ketones is 1. The van der Waals surface area contributed by atoms with Gasteiger partial charge in [-0.15, -0.1) is 0 Å². The van der Waals surface area contributed by atoms with E-state index in [1.807, 2.05) is 0 Å². The Morgan fingerprint density at radius 1 is 1.20 bits per heavy atom. The lowest BCUT2D eigenvalue weighted by atomic mass is 9.36. The number of rotatable bonds is 0. The van der Waals surface area contributed by atoms with Gasteiger partial charge in [0.1, 0.15) is 0 Å². The highest BCUT2D eigenvalue weighted by Gasteiger charge is 2.83. The molecule has 5 unspecified atom stereocenters. The van der Waals surface area contributed by atoms with Crippen molar-refractivity contribution < 1.29 is 24.5 Å². The summed E-state index contributed by atoms with van der Waals surface area (Å²) >= 11 is 0. The Morgan fingerprint density at radius 3 is 2.80 bits per heavy atom. The van der Waals surface area contributed by atoms with Crippen molar-refractivity contribution in [3.05, 3.63) is 12.2 Å². The number of carbonyl (C=O) groups excluding carboxylic acids is 1. The van der Waals surface area contributed by atoms with Crippen LogP contribution in [0.1, 0.15) is 39.0 Å². The van der Waals surface area contributed by atoms with E-state index < -0.39 is 29.3 Å². The van der Waals surface area contributed by atoms with Crippen molar-refractivity contribution >= 4 is 5.78 Å². The molecular weight excluding hydrogens is 320 g/mol. The highest BCUT2D eigenvalue weighted by molar-refractivity contribution is 6.04. The second kappa shape index (κ2) is 4.22. The van der Waals surface area contributed by atoms with E-state index in [0.717, 1.165) is 32.1 Å². The number of hydrogen-bond acceptors (Lipinski definition) is 5. The quantitative estimate of drug-likeness (QED) is 0.649. The zero-order chi connectivity index (χ0) is 17.4. The zero-order valence-corrected chi connectivity index (χ0v) is 14.6. The summed E-state index contributed by atoms with van der Waals surface area (Å²) in [7, 11) is 0. The van der Waals surface area contributed by atoms with Crippen LogP contribution in [0.5, 0.6) is 0 Å². The van der Waals surface area contributed by atoms with Crippen molar-refractivity contribution in [3.63, 3.8) is 0 Å². The van der Waals surface area contributed by atoms with Crippen LogP contribution in [0.4, 0.5) is 0 Å². The first-order valence-corrected chi connectivity index (χ1v) is 9.75. The van der Waals surface area contributed by atoms with Crippen LogP contribution in [-0.4, -0.2) is 47.2 Å². The van der Waals surface area contributed by atoms with Gasteiger partial charge >= 0.3 is 0 Å². The van der Waals surface area contributed by atoms with Crippen LogP contribution < -0.4 is 0 Å². The largest absolute Gasteiger partial charge is 0.392 e. The van der Waals surface area contributed by atoms with E-state index in [0.29, 0.717) is 18.1 Å². The SMILES string of the molecule is C=C1C(=O)C23C(CCC1[C@H]2O)C12C4OC[C@](C)(CC[C@@H]1O)[C@H]2C[C@H]3O4. The lowest BCUT2D eigenvalue weighted by Gasteiger charge is -2.75. The summed E-state index contributed by atoms with van der Waals surface area (Å²) in [6, 6.07) is 0. The average molecular weight is 346 g/mol. The van der Waals surface area contributed by atoms with E-state index in [4.69, 9.17) is 9.47 Å². The Bertz CT molecular complexity index is 700. The molecule has 4 aliphatic carbocycles. The highest BCUT2D eigenvalue weighted by Crippen LogP contribution is 2.77. The fourth-order valence-electron chi connectivity index (χ4n) is 8.25. The lowest BCUT2D eigenvalue weighted by Crippen LogP contribution is -2.81. The van der Waals surface area contributed by atoms with Crippen LogP contribution >= 0.6 is 0 Å². The molecule has 0 amide bonds. The minimum absolute atomic E-state index is 0.00572. The molecule has 5 nitrogen and oxygen atoms in total. The number of aliphatic hydroxyl groups excluding tert-OH is 2. The molecule has 7 aliphatic rings. The number of fused-ring (bicyclic) bond motifs is 1. The summed E-state index contributed by atoms with van der Waals surface area (Å²) in [5.41, 5.74) is -0.874. The molecule has 3 aliphatic heterocycles. The third-order valence-electron chi connectivity index (χ3n) is 9.20. The summed E-state index contributed by atoms with van der Waals surface area (Å²) in [5, 5.41) is 22.4. The Hall–Kier alpha value is -0.750. The van der Waals surface area contributed by atoms with Crippen LogP contribution in [0.3, 0.4) is 0 Å². The summed E-state index contributed by atoms with van der Waals surface area (Å²) in [6.07, 6.45) is 2.01. The van der Waals surface area contributed by atoms with Gasteiger partial charge in [0.2, 0.25) is 0 Å². The summed E-state index contributed by atoms with van der Waals surface area (Å²) in [5.74, 6) is 0.0718. The molecule has 2 spiro atoms. The predicted molar refractivity (Wildman–Crippen MR) is 87.3 cm³/mol. The van der Waals surface area contributed by atoms with Crippen LogP contribution in [0.2, 0.25) is 0 Å². The molecule has 136 valence electrons. The van der Waals surface area contributed by atoms with Gasteiger partial charge in [-0.3, -0.25) is 4.79 Å². The first-order valence-electron chi connectivity index (χ1n) is 9.75. The fourth-order valence-corrected chi connectivity index (χ4v) is 8.25. The Labute approximate surface area is 147 Å². The lowest BCUT2D eigenvalue weighted by molar-refractivity contribution is -0.440. The van der Waals surface area contributed by atoms with E-state index in [9.17, 15) is 15.0 Å². The normalized spacial score (nSPS) is 64.4. The average Bonchev–Trinajstić information content (AvgIpc) is 2.71. The van der Waals surface area contributed by atoms with Gasteiger partial charge in [-0.05, 0) is 54.9 Å². The molecule has 3 saturated heterocycles. The van der Waals surface area contributed by atoms with Crippen LogP contribution in [0, 0.1) is 34.0 Å². The summed E-state index contributed by atoms with van der Waals surface area (Å²) in [6.45, 7) is 6.95. The van der Waals surface area contributed by atoms with Gasteiger partial charge in [0.15, 0.2) is 12.1 Å². The molecule has 25 heavy (non-hydrogen) atoms. The molecule has 0 aromatic rings. The molecule has 10 atom stereocenters. The molecule has 3 heterocycles. The topological polar surface area (TPSA) is 76.0 Å². The minimum Gasteiger partial charge on any atom is -0.392 e. The molecule has 0 radical (unpaired) electrons. The Morgan fingerprint density at radius 2 is 2.00 bits per heavy atom. The monoisotopic (exact) mass is 346 g/mol. The molecule has 0 aromatic carbocycles. The number of ether oxygens (including phenoxy) is 2. The van der Waals surface area contributed by atoms with E-state index in [1.165, 1.54) is 0 Å². The van der Waals surface area contributed by atoms with Crippen molar-refractivity contribution in [1.29, 1.82) is 0 Å². The zero-order valence-electron chi connectivity index (χ0n) is 14.6. The maximum Gasteiger partial charge on any atom is 0.170 e. The van der Waals surface area contributed by atoms with Crippen molar-refractivity contribution in [2.45, 2.75) is 63.6 Å². The van der Waals surface area contributed by atoms with Crippen LogP contribution in [0.25, 0.3) is 0 Å². The Kier molecular flexibility index (Phi) is 2.58. The molecule has 7 fully saturated rings. The third-order valence-corrected chi connectivity index (χ3v) is 9.20. The van der Waals surface area contributed by atoms with Crippen LogP contribution in [-0.2, 0) is 14.3 Å². The summed E-state index contributed by atoms with van der Waals surface area (Å²) < 4.78 is 12.5. The molecule has 7 bridgehead atoms. The maximum atomic E-state index is 13.3. The smallest absolute Gasteiger partial charge is 0.170 e. The number of carbonyl (C=O) groups is 1. The first kappa shape index (κ1) is 15.3. The van der Waals surface area contributed by atoms with Crippen molar-refractivity contribution in [2.24, 2.45) is 34.0 Å². The van der Waals surface area contributed by atoms with Gasteiger partial charge in [0, 0.05) is 5.92 Å². The van der Waals surface area contributed by atoms with Gasteiger partial charge in [-0.2, -0.15) is 0 Å². The number of Topliss-reactive ketones (excluding diaryl/α,β-unsaturated/α-hetero) is 1. The van der Waals surface area contributed by atoms with Gasteiger partial charge < -0.3 is 19.7 Å². The molecule has 2 N–H and O–H groups in total. The number of aliphatic hydroxyl groups is 2. The first-order chi connectivity index (χ1) is 11.9. The van der Waals surface area contributed by atoms with Gasteiger partial charge in [-0.25, -0.2) is 0 Å². The standard InChI is InChI=1S/C20H26O5/c1-9-10-3-4-11-19-12-7-14(20(11,15(9)22)16(10)23)25-17(19)24-8-18(12,2)6-5-13(19)21/h10-14,16-17,21,23H,1,3-8H2,2H3/t10?,11?,12-,13+,14-,16-,17?,18+,19?,20?/m1/s1. The number of hydrogen-bond donors (Lipinski definition) is 2. The van der Waals surface area contributed by atoms with Crippen molar-refractivity contribution in [3.8, 4) is 0 Å². The molecular formula is C20H26O5. The Balaban J connectivity index is 1.61. The van der Waals surface area contributed by atoms with E-state index in [2.05, 4.69) is 13.5 Å². The molecule has 0 aromatic heterocycles. The molecule has 5 heteroatoms. The molecule has 4 saturated carbocycles. The van der Waals surface area contributed by atoms with Gasteiger partial charge in [-0.1, -0.05) is 13.5 Å². The molecule has 7 rings (SSSR count). The fraction of sp³-hybridized carbons (Fsp3) is 0.850. The van der Waals surface area contributed by atoms with Crippen molar-refractivity contribution in [1.82, 2.24) is 0 Å². The maximum absolute atomic E-state index is 13.3. The van der Waals surface area contributed by atoms with Gasteiger partial charge in [0.05, 0.1) is 35.7 Å². The predicted octanol–water partition coefficient (Wildman–Crippen LogP) is 1.42. The minimum atomic E-state index is -0.910. The van der Waals surface area contributed by atoms with E-state index in [-0.39, 0.29) is 29.1 Å². The third kappa shape index (κ3) is 1.29. The second-order valence-electron chi connectivity index (χ2n) is 9.73.